The zero-order valence-electron chi connectivity index (χ0n) is 15.3. The van der Waals surface area contributed by atoms with Crippen molar-refractivity contribution >= 4 is 37.5 Å². The predicted octanol–water partition coefficient (Wildman–Crippen LogP) is 3.27. The number of anilines is 1. The van der Waals surface area contributed by atoms with Gasteiger partial charge in [-0.1, -0.05) is 6.07 Å². The largest absolute Gasteiger partial charge is 0.496 e. The summed E-state index contributed by atoms with van der Waals surface area (Å²) in [6, 6.07) is 10.6. The SMILES string of the molecule is COc1ccc(C(C)NC(=O)c2ccc3c(c2)CCN3S(C)(=O)=O)cc1Br. The van der Waals surface area contributed by atoms with Gasteiger partial charge in [0.25, 0.3) is 5.91 Å². The third-order valence-electron chi connectivity index (χ3n) is 4.62. The Balaban J connectivity index is 1.76. The fourth-order valence-corrected chi connectivity index (χ4v) is 4.69. The fraction of sp³-hybridized carbons (Fsp3) is 0.316. The Morgan fingerprint density at radius 2 is 2.00 bits per heavy atom. The van der Waals surface area contributed by atoms with Crippen LogP contribution in [0.5, 0.6) is 5.75 Å². The number of rotatable bonds is 5. The number of nitrogens with zero attached hydrogens (tertiary/aromatic N) is 1. The number of methoxy groups -OCH3 is 1. The quantitative estimate of drug-likeness (QED) is 0.754. The summed E-state index contributed by atoms with van der Waals surface area (Å²) < 4.78 is 31.1. The molecule has 0 bridgehead atoms. The van der Waals surface area contributed by atoms with Crippen LogP contribution in [0, 0.1) is 0 Å². The molecule has 0 radical (unpaired) electrons. The van der Waals surface area contributed by atoms with Crippen LogP contribution in [-0.2, 0) is 16.4 Å². The maximum Gasteiger partial charge on any atom is 0.251 e. The van der Waals surface area contributed by atoms with E-state index in [1.807, 2.05) is 25.1 Å². The summed E-state index contributed by atoms with van der Waals surface area (Å²) >= 11 is 3.45. The van der Waals surface area contributed by atoms with Gasteiger partial charge < -0.3 is 10.1 Å². The number of amides is 1. The van der Waals surface area contributed by atoms with Crippen molar-refractivity contribution in [3.8, 4) is 5.75 Å². The van der Waals surface area contributed by atoms with Gasteiger partial charge in [-0.15, -0.1) is 0 Å². The Morgan fingerprint density at radius 3 is 2.63 bits per heavy atom. The Kier molecular flexibility index (Phi) is 5.48. The van der Waals surface area contributed by atoms with Gasteiger partial charge in [0.15, 0.2) is 0 Å². The summed E-state index contributed by atoms with van der Waals surface area (Å²) in [4.78, 5) is 12.6. The molecule has 6 nitrogen and oxygen atoms in total. The van der Waals surface area contributed by atoms with Crippen LogP contribution in [0.2, 0.25) is 0 Å². The smallest absolute Gasteiger partial charge is 0.251 e. The minimum absolute atomic E-state index is 0.194. The molecule has 0 aliphatic carbocycles. The van der Waals surface area contributed by atoms with Crippen molar-refractivity contribution in [1.82, 2.24) is 5.32 Å². The van der Waals surface area contributed by atoms with E-state index in [-0.39, 0.29) is 11.9 Å². The molecule has 1 aliphatic heterocycles. The molecule has 1 amide bonds. The number of carbonyl (C=O) groups is 1. The molecule has 2 aromatic rings. The summed E-state index contributed by atoms with van der Waals surface area (Å²) in [7, 11) is -1.69. The predicted molar refractivity (Wildman–Crippen MR) is 109 cm³/mol. The Bertz CT molecular complexity index is 991. The van der Waals surface area contributed by atoms with E-state index in [1.165, 1.54) is 10.6 Å². The maximum absolute atomic E-state index is 12.6. The fourth-order valence-electron chi connectivity index (χ4n) is 3.17. The van der Waals surface area contributed by atoms with Crippen molar-refractivity contribution in [1.29, 1.82) is 0 Å². The van der Waals surface area contributed by atoms with Crippen LogP contribution in [0.15, 0.2) is 40.9 Å². The van der Waals surface area contributed by atoms with Gasteiger partial charge in [-0.05, 0) is 70.7 Å². The highest BCUT2D eigenvalue weighted by atomic mass is 79.9. The monoisotopic (exact) mass is 452 g/mol. The molecule has 2 aromatic carbocycles. The van der Waals surface area contributed by atoms with Crippen molar-refractivity contribution in [2.24, 2.45) is 0 Å². The van der Waals surface area contributed by atoms with E-state index in [0.717, 1.165) is 21.3 Å². The molecule has 0 spiro atoms. The number of sulfonamides is 1. The second kappa shape index (κ2) is 7.52. The lowest BCUT2D eigenvalue weighted by Gasteiger charge is -2.18. The highest BCUT2D eigenvalue weighted by Crippen LogP contribution is 2.31. The Morgan fingerprint density at radius 1 is 1.26 bits per heavy atom. The van der Waals surface area contributed by atoms with Crippen molar-refractivity contribution in [2.45, 2.75) is 19.4 Å². The Labute approximate surface area is 167 Å². The van der Waals surface area contributed by atoms with Crippen LogP contribution in [0.3, 0.4) is 0 Å². The highest BCUT2D eigenvalue weighted by molar-refractivity contribution is 9.10. The van der Waals surface area contributed by atoms with Gasteiger partial charge in [0.2, 0.25) is 10.0 Å². The van der Waals surface area contributed by atoms with Crippen molar-refractivity contribution in [3.63, 3.8) is 0 Å². The average molecular weight is 453 g/mol. The first-order chi connectivity index (χ1) is 12.7. The molecule has 0 aromatic heterocycles. The van der Waals surface area contributed by atoms with Crippen molar-refractivity contribution in [3.05, 3.63) is 57.6 Å². The summed E-state index contributed by atoms with van der Waals surface area (Å²) in [6.45, 7) is 2.32. The third-order valence-corrected chi connectivity index (χ3v) is 6.42. The van der Waals surface area contributed by atoms with Crippen LogP contribution in [-0.4, -0.2) is 34.2 Å². The van der Waals surface area contributed by atoms with Gasteiger partial charge in [-0.3, -0.25) is 9.10 Å². The molecule has 3 rings (SSSR count). The van der Waals surface area contributed by atoms with Crippen LogP contribution in [0.1, 0.15) is 34.5 Å². The summed E-state index contributed by atoms with van der Waals surface area (Å²) in [5.74, 6) is 0.529. The van der Waals surface area contributed by atoms with E-state index in [0.29, 0.717) is 24.2 Å². The van der Waals surface area contributed by atoms with E-state index in [1.54, 1.807) is 25.3 Å². The van der Waals surface area contributed by atoms with E-state index >= 15 is 0 Å². The van der Waals surface area contributed by atoms with Gasteiger partial charge in [-0.2, -0.15) is 0 Å². The lowest BCUT2D eigenvalue weighted by Crippen LogP contribution is -2.28. The first-order valence-electron chi connectivity index (χ1n) is 8.45. The molecular weight excluding hydrogens is 432 g/mol. The first kappa shape index (κ1) is 19.7. The average Bonchev–Trinajstić information content (AvgIpc) is 3.05. The molecule has 0 fully saturated rings. The normalized spacial score (nSPS) is 14.6. The molecule has 27 heavy (non-hydrogen) atoms. The van der Waals surface area contributed by atoms with Crippen molar-refractivity contribution in [2.75, 3.05) is 24.2 Å². The first-order valence-corrected chi connectivity index (χ1v) is 11.1. The highest BCUT2D eigenvalue weighted by Gasteiger charge is 2.27. The van der Waals surface area contributed by atoms with Gasteiger partial charge in [0, 0.05) is 12.1 Å². The van der Waals surface area contributed by atoms with Crippen LogP contribution >= 0.6 is 15.9 Å². The second-order valence-corrected chi connectivity index (χ2v) is 9.28. The molecule has 8 heteroatoms. The van der Waals surface area contributed by atoms with Crippen molar-refractivity contribution < 1.29 is 17.9 Å². The lowest BCUT2D eigenvalue weighted by molar-refractivity contribution is 0.0940. The summed E-state index contributed by atoms with van der Waals surface area (Å²) in [6.07, 6.45) is 1.79. The molecule has 0 saturated heterocycles. The topological polar surface area (TPSA) is 75.7 Å². The number of benzene rings is 2. The molecule has 1 heterocycles. The van der Waals surface area contributed by atoms with E-state index in [2.05, 4.69) is 21.2 Å². The van der Waals surface area contributed by atoms with Gasteiger partial charge >= 0.3 is 0 Å². The van der Waals surface area contributed by atoms with Crippen LogP contribution in [0.25, 0.3) is 0 Å². The zero-order chi connectivity index (χ0) is 19.8. The second-order valence-electron chi connectivity index (χ2n) is 6.52. The lowest BCUT2D eigenvalue weighted by atomic mass is 10.1. The maximum atomic E-state index is 12.6. The van der Waals surface area contributed by atoms with Gasteiger partial charge in [0.05, 0.1) is 29.6 Å². The molecular formula is C19H21BrN2O4S. The van der Waals surface area contributed by atoms with Gasteiger partial charge in [0.1, 0.15) is 5.75 Å². The van der Waals surface area contributed by atoms with Gasteiger partial charge in [-0.25, -0.2) is 8.42 Å². The summed E-state index contributed by atoms with van der Waals surface area (Å²) in [5, 5.41) is 2.98. The number of ether oxygens (including phenoxy) is 1. The minimum Gasteiger partial charge on any atom is -0.496 e. The summed E-state index contributed by atoms with van der Waals surface area (Å²) in [5.41, 5.74) is 2.98. The third kappa shape index (κ3) is 4.11. The molecule has 144 valence electrons. The van der Waals surface area contributed by atoms with Crippen LogP contribution in [0.4, 0.5) is 5.69 Å². The minimum atomic E-state index is -3.30. The molecule has 1 N–H and O–H groups in total. The van der Waals surface area contributed by atoms with E-state index < -0.39 is 10.0 Å². The molecule has 1 unspecified atom stereocenters. The molecule has 1 aliphatic rings. The standard InChI is InChI=1S/C19H21BrN2O4S/c1-12(13-5-7-18(26-2)16(20)11-13)21-19(23)15-4-6-17-14(10-15)8-9-22(17)27(3,24)25/h4-7,10-12H,8-9H2,1-3H3,(H,21,23). The van der Waals surface area contributed by atoms with E-state index in [9.17, 15) is 13.2 Å². The number of fused-ring (bicyclic) bond motifs is 1. The number of hydrogen-bond acceptors (Lipinski definition) is 4. The van der Waals surface area contributed by atoms with Crippen LogP contribution < -0.4 is 14.4 Å². The zero-order valence-corrected chi connectivity index (χ0v) is 17.7. The van der Waals surface area contributed by atoms with E-state index in [4.69, 9.17) is 4.74 Å². The number of nitrogens with one attached hydrogen (secondary N) is 1. The molecule has 1 atom stereocenters. The number of carbonyl (C=O) groups excluding carboxylic acids is 1. The molecule has 0 saturated carbocycles. The Hall–Kier alpha value is -2.06. The number of hydrogen-bond donors (Lipinski definition) is 1. The number of halogens is 1.